The Morgan fingerprint density at radius 2 is 1.83 bits per heavy atom. The average molecular weight is 244 g/mol. The summed E-state index contributed by atoms with van der Waals surface area (Å²) in [7, 11) is 4.54. The van der Waals surface area contributed by atoms with E-state index in [0.717, 1.165) is 5.92 Å². The van der Waals surface area contributed by atoms with Gasteiger partial charge < -0.3 is 9.80 Å². The third kappa shape index (κ3) is 1.98. The van der Waals surface area contributed by atoms with Gasteiger partial charge in [-0.05, 0) is 57.9 Å². The molecule has 2 heteroatoms. The van der Waals surface area contributed by atoms with E-state index in [4.69, 9.17) is 0 Å². The molecular weight excluding hydrogens is 220 g/mol. The lowest BCUT2D eigenvalue weighted by molar-refractivity contribution is -0.0510. The monoisotopic (exact) mass is 244 g/mol. The van der Waals surface area contributed by atoms with E-state index in [2.05, 4.69) is 54.2 Å². The molecule has 4 rings (SSSR count). The molecular formula is C16H24N2. The first-order chi connectivity index (χ1) is 8.71. The summed E-state index contributed by atoms with van der Waals surface area (Å²) >= 11 is 0. The Kier molecular flexibility index (Phi) is 3.16. The van der Waals surface area contributed by atoms with Crippen molar-refractivity contribution in [2.24, 2.45) is 5.92 Å². The van der Waals surface area contributed by atoms with E-state index in [1.807, 2.05) is 0 Å². The molecule has 0 aliphatic carbocycles. The first-order valence-corrected chi connectivity index (χ1v) is 7.14. The summed E-state index contributed by atoms with van der Waals surface area (Å²) in [4.78, 5) is 5.15. The van der Waals surface area contributed by atoms with Crippen LogP contribution in [0.4, 0.5) is 0 Å². The minimum Gasteiger partial charge on any atom is -0.302 e. The number of likely N-dealkylation sites (N-methyl/N-ethyl adjacent to an activating group) is 1. The van der Waals surface area contributed by atoms with Crippen molar-refractivity contribution in [3.05, 3.63) is 35.9 Å². The lowest BCUT2D eigenvalue weighted by Crippen LogP contribution is -2.66. The van der Waals surface area contributed by atoms with Crippen molar-refractivity contribution in [1.29, 1.82) is 0 Å². The molecule has 3 saturated heterocycles. The van der Waals surface area contributed by atoms with Crippen LogP contribution in [0.15, 0.2) is 30.3 Å². The van der Waals surface area contributed by atoms with E-state index in [9.17, 15) is 0 Å². The molecule has 1 aromatic rings. The highest BCUT2D eigenvalue weighted by atomic mass is 15.3. The molecule has 0 radical (unpaired) electrons. The minimum absolute atomic E-state index is 0.359. The molecule has 3 aliphatic rings. The van der Waals surface area contributed by atoms with Crippen molar-refractivity contribution < 1.29 is 0 Å². The smallest absolute Gasteiger partial charge is 0.0399 e. The van der Waals surface area contributed by atoms with Crippen LogP contribution in [0.1, 0.15) is 18.4 Å². The molecule has 1 unspecified atom stereocenters. The van der Waals surface area contributed by atoms with Gasteiger partial charge >= 0.3 is 0 Å². The number of hydrogen-bond acceptors (Lipinski definition) is 2. The van der Waals surface area contributed by atoms with Gasteiger partial charge in [-0.15, -0.1) is 0 Å². The number of benzene rings is 1. The molecule has 1 atom stereocenters. The van der Waals surface area contributed by atoms with Crippen LogP contribution in [0.25, 0.3) is 0 Å². The first kappa shape index (κ1) is 12.2. The molecule has 0 N–H and O–H groups in total. The molecule has 2 bridgehead atoms. The molecule has 0 aromatic heterocycles. The van der Waals surface area contributed by atoms with Gasteiger partial charge in [-0.2, -0.15) is 0 Å². The third-order valence-corrected chi connectivity index (χ3v) is 5.09. The van der Waals surface area contributed by atoms with Gasteiger partial charge in [-0.25, -0.2) is 0 Å². The predicted octanol–water partition coefficient (Wildman–Crippen LogP) is 2.26. The van der Waals surface area contributed by atoms with Crippen LogP contribution in [0.5, 0.6) is 0 Å². The summed E-state index contributed by atoms with van der Waals surface area (Å²) in [5.74, 6) is 0.873. The van der Waals surface area contributed by atoms with Crippen molar-refractivity contribution in [2.75, 3.05) is 33.7 Å². The van der Waals surface area contributed by atoms with Crippen molar-refractivity contribution in [1.82, 2.24) is 9.80 Å². The van der Waals surface area contributed by atoms with Gasteiger partial charge in [0.15, 0.2) is 0 Å². The lowest BCUT2D eigenvalue weighted by Gasteiger charge is -2.56. The quantitative estimate of drug-likeness (QED) is 0.804. The highest BCUT2D eigenvalue weighted by Crippen LogP contribution is 2.40. The SMILES string of the molecule is CN(C)C1(Cc2ccccc2)CN2CCC1CC2. The zero-order valence-electron chi connectivity index (χ0n) is 11.6. The van der Waals surface area contributed by atoms with E-state index in [1.54, 1.807) is 0 Å². The Morgan fingerprint density at radius 1 is 1.17 bits per heavy atom. The summed E-state index contributed by atoms with van der Waals surface area (Å²) < 4.78 is 0. The fraction of sp³-hybridized carbons (Fsp3) is 0.625. The maximum Gasteiger partial charge on any atom is 0.0399 e. The molecule has 2 nitrogen and oxygen atoms in total. The Bertz CT molecular complexity index is 393. The van der Waals surface area contributed by atoms with E-state index in [0.29, 0.717) is 5.54 Å². The van der Waals surface area contributed by atoms with Gasteiger partial charge in [0.1, 0.15) is 0 Å². The minimum atomic E-state index is 0.359. The Labute approximate surface area is 111 Å². The van der Waals surface area contributed by atoms with Crippen LogP contribution in [-0.2, 0) is 6.42 Å². The maximum absolute atomic E-state index is 2.66. The second-order valence-electron chi connectivity index (χ2n) is 6.21. The van der Waals surface area contributed by atoms with Crippen LogP contribution < -0.4 is 0 Å². The molecule has 98 valence electrons. The van der Waals surface area contributed by atoms with Gasteiger partial charge in [-0.1, -0.05) is 30.3 Å². The Morgan fingerprint density at radius 3 is 2.33 bits per heavy atom. The second kappa shape index (κ2) is 4.67. The highest BCUT2D eigenvalue weighted by Gasteiger charge is 2.47. The van der Waals surface area contributed by atoms with E-state index in [1.165, 1.54) is 44.5 Å². The second-order valence-corrected chi connectivity index (χ2v) is 6.21. The van der Waals surface area contributed by atoms with Crippen molar-refractivity contribution in [2.45, 2.75) is 24.8 Å². The Balaban J connectivity index is 1.88. The fourth-order valence-corrected chi connectivity index (χ4v) is 3.96. The number of rotatable bonds is 3. The summed E-state index contributed by atoms with van der Waals surface area (Å²) in [6.45, 7) is 3.88. The molecule has 0 spiro atoms. The Hall–Kier alpha value is -0.860. The fourth-order valence-electron chi connectivity index (χ4n) is 3.96. The highest BCUT2D eigenvalue weighted by molar-refractivity contribution is 5.20. The van der Waals surface area contributed by atoms with Crippen LogP contribution >= 0.6 is 0 Å². The maximum atomic E-state index is 2.66. The normalized spacial score (nSPS) is 35.1. The van der Waals surface area contributed by atoms with Gasteiger partial charge in [0.25, 0.3) is 0 Å². The topological polar surface area (TPSA) is 6.48 Å². The summed E-state index contributed by atoms with van der Waals surface area (Å²) in [5, 5.41) is 0. The molecule has 3 heterocycles. The summed E-state index contributed by atoms with van der Waals surface area (Å²) in [5.41, 5.74) is 1.85. The number of nitrogens with zero attached hydrogens (tertiary/aromatic N) is 2. The van der Waals surface area contributed by atoms with Gasteiger partial charge in [0.2, 0.25) is 0 Å². The zero-order chi connectivity index (χ0) is 12.6. The molecule has 1 aromatic carbocycles. The van der Waals surface area contributed by atoms with Crippen molar-refractivity contribution >= 4 is 0 Å². The number of piperidine rings is 3. The first-order valence-electron chi connectivity index (χ1n) is 7.14. The van der Waals surface area contributed by atoms with E-state index >= 15 is 0 Å². The van der Waals surface area contributed by atoms with Gasteiger partial charge in [0, 0.05) is 12.1 Å². The predicted molar refractivity (Wildman–Crippen MR) is 75.7 cm³/mol. The largest absolute Gasteiger partial charge is 0.302 e. The molecule has 18 heavy (non-hydrogen) atoms. The van der Waals surface area contributed by atoms with Crippen molar-refractivity contribution in [3.63, 3.8) is 0 Å². The van der Waals surface area contributed by atoms with E-state index in [-0.39, 0.29) is 0 Å². The third-order valence-electron chi connectivity index (χ3n) is 5.09. The molecule has 0 amide bonds. The number of fused-ring (bicyclic) bond motifs is 3. The summed E-state index contributed by atoms with van der Waals surface area (Å²) in [6.07, 6.45) is 3.96. The standard InChI is InChI=1S/C16H24N2/c1-17(2)16(12-14-6-4-3-5-7-14)13-18-10-8-15(16)9-11-18/h3-7,15H,8-13H2,1-2H3. The molecule has 3 aliphatic heterocycles. The summed E-state index contributed by atoms with van der Waals surface area (Å²) in [6, 6.07) is 11.0. The zero-order valence-corrected chi connectivity index (χ0v) is 11.6. The van der Waals surface area contributed by atoms with Crippen LogP contribution in [0.3, 0.4) is 0 Å². The van der Waals surface area contributed by atoms with Crippen LogP contribution in [-0.4, -0.2) is 49.1 Å². The van der Waals surface area contributed by atoms with Gasteiger partial charge in [-0.3, -0.25) is 0 Å². The van der Waals surface area contributed by atoms with Crippen LogP contribution in [0, 0.1) is 5.92 Å². The number of hydrogen-bond donors (Lipinski definition) is 0. The van der Waals surface area contributed by atoms with Gasteiger partial charge in [0.05, 0.1) is 0 Å². The lowest BCUT2D eigenvalue weighted by atomic mass is 9.69. The van der Waals surface area contributed by atoms with Crippen molar-refractivity contribution in [3.8, 4) is 0 Å². The van der Waals surface area contributed by atoms with Crippen LogP contribution in [0.2, 0.25) is 0 Å². The molecule has 0 saturated carbocycles. The average Bonchev–Trinajstić information content (AvgIpc) is 2.41. The van der Waals surface area contributed by atoms with E-state index < -0.39 is 0 Å². The molecule has 3 fully saturated rings.